The molecule has 33 heavy (non-hydrogen) atoms. The summed E-state index contributed by atoms with van der Waals surface area (Å²) in [6.07, 6.45) is 1.16. The van der Waals surface area contributed by atoms with E-state index < -0.39 is 11.7 Å². The summed E-state index contributed by atoms with van der Waals surface area (Å²) in [6.45, 7) is 6.03. The first-order valence-electron chi connectivity index (χ1n) is 11.1. The highest BCUT2D eigenvalue weighted by Gasteiger charge is 2.42. The number of nitrogens with one attached hydrogen (secondary N) is 2. The van der Waals surface area contributed by atoms with Crippen molar-refractivity contribution < 1.29 is 14.0 Å². The molecule has 1 aliphatic heterocycles. The molecule has 172 valence electrons. The Labute approximate surface area is 194 Å². The lowest BCUT2D eigenvalue weighted by Crippen LogP contribution is -2.39. The number of dihydropyridines is 1. The van der Waals surface area contributed by atoms with Gasteiger partial charge in [0.1, 0.15) is 5.82 Å². The van der Waals surface area contributed by atoms with Crippen molar-refractivity contribution in [2.75, 3.05) is 24.3 Å². The van der Waals surface area contributed by atoms with Crippen molar-refractivity contribution in [3.63, 3.8) is 0 Å². The quantitative estimate of drug-likeness (QED) is 0.682. The lowest BCUT2D eigenvalue weighted by Gasteiger charge is -2.39. The van der Waals surface area contributed by atoms with Crippen LogP contribution in [-0.2, 0) is 9.59 Å². The summed E-state index contributed by atoms with van der Waals surface area (Å²) < 4.78 is 13.7. The Bertz CT molecular complexity index is 1180. The van der Waals surface area contributed by atoms with Gasteiger partial charge < -0.3 is 15.5 Å². The summed E-state index contributed by atoms with van der Waals surface area (Å²) in [7, 11) is 3.93. The van der Waals surface area contributed by atoms with E-state index in [1.807, 2.05) is 50.2 Å². The minimum atomic E-state index is -0.491. The number of Topliss-reactive ketones (excluding diaryl/α,β-unsaturated/α-hetero) is 1. The van der Waals surface area contributed by atoms with Crippen molar-refractivity contribution in [1.29, 1.82) is 0 Å². The maximum absolute atomic E-state index is 13.7. The molecule has 0 radical (unpaired) electrons. The third kappa shape index (κ3) is 4.56. The van der Waals surface area contributed by atoms with E-state index in [0.717, 1.165) is 23.4 Å². The highest BCUT2D eigenvalue weighted by Crippen LogP contribution is 2.46. The molecule has 5 nitrogen and oxygen atoms in total. The molecule has 1 aliphatic carbocycles. The van der Waals surface area contributed by atoms with Crippen LogP contribution in [0.4, 0.5) is 15.8 Å². The molecule has 1 atom stereocenters. The van der Waals surface area contributed by atoms with E-state index in [4.69, 9.17) is 0 Å². The summed E-state index contributed by atoms with van der Waals surface area (Å²) in [5.74, 6) is -1.21. The summed E-state index contributed by atoms with van der Waals surface area (Å²) in [6, 6.07) is 13.7. The molecule has 0 fully saturated rings. The smallest absolute Gasteiger partial charge is 0.254 e. The van der Waals surface area contributed by atoms with Crippen LogP contribution in [0.15, 0.2) is 71.1 Å². The number of hydrogen-bond donors (Lipinski definition) is 2. The van der Waals surface area contributed by atoms with Gasteiger partial charge in [0.2, 0.25) is 0 Å². The highest BCUT2D eigenvalue weighted by molar-refractivity contribution is 6.10. The number of carbonyl (C=O) groups is 2. The number of carbonyl (C=O) groups excluding carboxylic acids is 2. The van der Waals surface area contributed by atoms with E-state index >= 15 is 0 Å². The predicted molar refractivity (Wildman–Crippen MR) is 129 cm³/mol. The van der Waals surface area contributed by atoms with Crippen LogP contribution in [-0.4, -0.2) is 25.8 Å². The van der Waals surface area contributed by atoms with Crippen molar-refractivity contribution in [2.24, 2.45) is 5.41 Å². The van der Waals surface area contributed by atoms with Gasteiger partial charge in [0.25, 0.3) is 5.91 Å². The standard InChI is InChI=1S/C27H30FN3O2/c1-16-23(26(33)30-19-8-6-7-18(28)13-19)24(17-9-11-20(12-10-17)31(4)5)25-21(29-16)14-27(2,3)15-22(25)32/h6-13,24,29H,14-15H2,1-5H3,(H,30,33). The molecule has 0 saturated heterocycles. The normalized spacial score (nSPS) is 19.7. The van der Waals surface area contributed by atoms with E-state index in [2.05, 4.69) is 24.5 Å². The fraction of sp³-hybridized carbons (Fsp3) is 0.333. The highest BCUT2D eigenvalue weighted by atomic mass is 19.1. The number of nitrogens with zero attached hydrogens (tertiary/aromatic N) is 1. The molecular formula is C27H30FN3O2. The summed E-state index contributed by atoms with van der Waals surface area (Å²) >= 11 is 0. The number of hydrogen-bond acceptors (Lipinski definition) is 4. The molecule has 0 saturated carbocycles. The minimum absolute atomic E-state index is 0.0546. The van der Waals surface area contributed by atoms with E-state index in [-0.39, 0.29) is 17.1 Å². The zero-order valence-corrected chi connectivity index (χ0v) is 19.8. The number of halogens is 1. The SMILES string of the molecule is CC1=C(C(=O)Nc2cccc(F)c2)C(c2ccc(N(C)C)cc2)C2=C(CC(C)(C)CC2=O)N1. The van der Waals surface area contributed by atoms with E-state index in [0.29, 0.717) is 29.0 Å². The van der Waals surface area contributed by atoms with Crippen LogP contribution in [0.2, 0.25) is 0 Å². The predicted octanol–water partition coefficient (Wildman–Crippen LogP) is 5.13. The lowest BCUT2D eigenvalue weighted by atomic mass is 9.68. The van der Waals surface area contributed by atoms with Gasteiger partial charge >= 0.3 is 0 Å². The Hall–Kier alpha value is -3.41. The molecular weight excluding hydrogens is 417 g/mol. The lowest BCUT2D eigenvalue weighted by molar-refractivity contribution is -0.118. The monoisotopic (exact) mass is 447 g/mol. The average molecular weight is 448 g/mol. The zero-order chi connectivity index (χ0) is 23.9. The second-order valence-electron chi connectivity index (χ2n) is 9.88. The van der Waals surface area contributed by atoms with Crippen LogP contribution in [0.3, 0.4) is 0 Å². The van der Waals surface area contributed by atoms with Crippen LogP contribution < -0.4 is 15.5 Å². The largest absolute Gasteiger partial charge is 0.378 e. The van der Waals surface area contributed by atoms with Gasteiger partial charge in [-0.1, -0.05) is 32.0 Å². The van der Waals surface area contributed by atoms with Crippen molar-refractivity contribution in [1.82, 2.24) is 5.32 Å². The molecule has 2 aromatic rings. The second-order valence-corrected chi connectivity index (χ2v) is 9.88. The molecule has 1 unspecified atom stereocenters. The van der Waals surface area contributed by atoms with Crippen molar-refractivity contribution >= 4 is 23.1 Å². The van der Waals surface area contributed by atoms with Gasteiger partial charge in [0, 0.05) is 60.3 Å². The van der Waals surface area contributed by atoms with Gasteiger partial charge in [-0.15, -0.1) is 0 Å². The second kappa shape index (κ2) is 8.50. The number of allylic oxidation sites excluding steroid dienone is 3. The van der Waals surface area contributed by atoms with Crippen LogP contribution in [0.1, 0.15) is 45.1 Å². The number of amides is 1. The first-order chi connectivity index (χ1) is 15.6. The van der Waals surface area contributed by atoms with E-state index in [1.54, 1.807) is 12.1 Å². The van der Waals surface area contributed by atoms with Gasteiger partial charge in [-0.3, -0.25) is 9.59 Å². The molecule has 4 rings (SSSR count). The van der Waals surface area contributed by atoms with Crippen molar-refractivity contribution in [2.45, 2.75) is 39.5 Å². The zero-order valence-electron chi connectivity index (χ0n) is 19.8. The van der Waals surface area contributed by atoms with Crippen molar-refractivity contribution in [3.05, 3.63) is 82.5 Å². The molecule has 1 heterocycles. The maximum Gasteiger partial charge on any atom is 0.254 e. The fourth-order valence-corrected chi connectivity index (χ4v) is 4.80. The first-order valence-corrected chi connectivity index (χ1v) is 11.1. The average Bonchev–Trinajstić information content (AvgIpc) is 2.71. The van der Waals surface area contributed by atoms with E-state index in [1.165, 1.54) is 12.1 Å². The third-order valence-corrected chi connectivity index (χ3v) is 6.31. The maximum atomic E-state index is 13.7. The molecule has 1 amide bonds. The molecule has 6 heteroatoms. The Kier molecular flexibility index (Phi) is 5.87. The summed E-state index contributed by atoms with van der Waals surface area (Å²) in [5, 5.41) is 6.18. The first kappa shape index (κ1) is 22.8. The number of anilines is 2. The van der Waals surface area contributed by atoms with E-state index in [9.17, 15) is 14.0 Å². The Morgan fingerprint density at radius 3 is 2.45 bits per heavy atom. The molecule has 0 spiro atoms. The minimum Gasteiger partial charge on any atom is -0.378 e. The topological polar surface area (TPSA) is 61.4 Å². The van der Waals surface area contributed by atoms with Crippen LogP contribution >= 0.6 is 0 Å². The Morgan fingerprint density at radius 1 is 1.12 bits per heavy atom. The summed E-state index contributed by atoms with van der Waals surface area (Å²) in [4.78, 5) is 28.9. The third-order valence-electron chi connectivity index (χ3n) is 6.31. The molecule has 2 aromatic carbocycles. The van der Waals surface area contributed by atoms with Gasteiger partial charge in [-0.05, 0) is 54.7 Å². The number of benzene rings is 2. The summed E-state index contributed by atoms with van der Waals surface area (Å²) in [5.41, 5.74) is 4.86. The van der Waals surface area contributed by atoms with Gasteiger partial charge in [-0.2, -0.15) is 0 Å². The van der Waals surface area contributed by atoms with Crippen LogP contribution in [0.25, 0.3) is 0 Å². The molecule has 0 bridgehead atoms. The Balaban J connectivity index is 1.80. The van der Waals surface area contributed by atoms with Gasteiger partial charge in [0.05, 0.1) is 0 Å². The Morgan fingerprint density at radius 2 is 1.82 bits per heavy atom. The van der Waals surface area contributed by atoms with Crippen LogP contribution in [0, 0.1) is 11.2 Å². The number of rotatable bonds is 4. The molecule has 2 aliphatic rings. The van der Waals surface area contributed by atoms with Crippen LogP contribution in [0.5, 0.6) is 0 Å². The van der Waals surface area contributed by atoms with Crippen molar-refractivity contribution in [3.8, 4) is 0 Å². The van der Waals surface area contributed by atoms with Gasteiger partial charge in [-0.25, -0.2) is 4.39 Å². The fourth-order valence-electron chi connectivity index (χ4n) is 4.80. The van der Waals surface area contributed by atoms with Gasteiger partial charge in [0.15, 0.2) is 5.78 Å². The number of ketones is 1. The molecule has 0 aromatic heterocycles. The molecule has 2 N–H and O–H groups in total.